The van der Waals surface area contributed by atoms with Gasteiger partial charge in [-0.05, 0) is 109 Å². The van der Waals surface area contributed by atoms with Crippen molar-refractivity contribution in [3.8, 4) is 55.6 Å². The number of rotatable bonds is 8. The van der Waals surface area contributed by atoms with E-state index in [1.54, 1.807) is 0 Å². The summed E-state index contributed by atoms with van der Waals surface area (Å²) in [4.78, 5) is 2.38. The van der Waals surface area contributed by atoms with Crippen LogP contribution in [0.4, 0.5) is 17.1 Å². The summed E-state index contributed by atoms with van der Waals surface area (Å²) in [5, 5.41) is 4.69. The summed E-state index contributed by atoms with van der Waals surface area (Å²) in [5.74, 6) is 0. The highest BCUT2D eigenvalue weighted by Crippen LogP contribution is 2.47. The van der Waals surface area contributed by atoms with Gasteiger partial charge in [0, 0.05) is 33.8 Å². The maximum absolute atomic E-state index is 6.50. The van der Waals surface area contributed by atoms with Crippen LogP contribution in [0, 0.1) is 0 Å². The Balaban J connectivity index is 1.12. The summed E-state index contributed by atoms with van der Waals surface area (Å²) < 4.78 is 6.50. The monoisotopic (exact) mass is 765 g/mol. The van der Waals surface area contributed by atoms with Gasteiger partial charge in [-0.1, -0.05) is 182 Å². The molecule has 2 heteroatoms. The van der Waals surface area contributed by atoms with E-state index in [0.29, 0.717) is 0 Å². The van der Waals surface area contributed by atoms with Gasteiger partial charge in [0.15, 0.2) is 0 Å². The van der Waals surface area contributed by atoms with Crippen LogP contribution in [0.1, 0.15) is 0 Å². The molecule has 10 aromatic carbocycles. The lowest BCUT2D eigenvalue weighted by Crippen LogP contribution is -2.11. The van der Waals surface area contributed by atoms with Crippen LogP contribution in [0.15, 0.2) is 241 Å². The van der Waals surface area contributed by atoms with Gasteiger partial charge in [-0.15, -0.1) is 0 Å². The summed E-state index contributed by atoms with van der Waals surface area (Å²) in [7, 11) is 0. The van der Waals surface area contributed by atoms with Crippen molar-refractivity contribution in [2.75, 3.05) is 4.90 Å². The molecule has 0 amide bonds. The molecule has 0 saturated carbocycles. The molecule has 2 nitrogen and oxygen atoms in total. The predicted octanol–water partition coefficient (Wildman–Crippen LogP) is 16.5. The molecular formula is C58H39NO. The second-order valence-corrected chi connectivity index (χ2v) is 15.3. The Morgan fingerprint density at radius 1 is 0.267 bits per heavy atom. The van der Waals surface area contributed by atoms with E-state index in [-0.39, 0.29) is 0 Å². The van der Waals surface area contributed by atoms with Crippen molar-refractivity contribution >= 4 is 49.8 Å². The molecule has 0 unspecified atom stereocenters. The molecule has 0 fully saturated rings. The first-order valence-electron chi connectivity index (χ1n) is 20.5. The van der Waals surface area contributed by atoms with Crippen molar-refractivity contribution in [3.63, 3.8) is 0 Å². The summed E-state index contributed by atoms with van der Waals surface area (Å²) in [5.41, 5.74) is 16.6. The standard InChI is InChI=1S/C58H39NO/c1-3-15-40(16-4-1)46-31-35-51(55(38-46)50-22-10-9-21-49(50)43-18-5-2-6-19-43)52-23-11-13-25-56(52)59(48-34-36-54-53-24-12-14-26-57(53)60-58(54)39-48)47-32-29-42(30-33-47)45-28-27-41-17-7-8-20-44(41)37-45/h1-39H. The second-order valence-electron chi connectivity index (χ2n) is 15.3. The Labute approximate surface area is 349 Å². The van der Waals surface area contributed by atoms with Crippen molar-refractivity contribution in [2.24, 2.45) is 0 Å². The van der Waals surface area contributed by atoms with Gasteiger partial charge in [0.2, 0.25) is 0 Å². The largest absolute Gasteiger partial charge is 0.456 e. The minimum atomic E-state index is 0.855. The highest BCUT2D eigenvalue weighted by atomic mass is 16.3. The molecule has 0 aliphatic rings. The molecular weight excluding hydrogens is 727 g/mol. The van der Waals surface area contributed by atoms with Crippen molar-refractivity contribution in [2.45, 2.75) is 0 Å². The lowest BCUT2D eigenvalue weighted by Gasteiger charge is -2.29. The van der Waals surface area contributed by atoms with Crippen LogP contribution in [0.25, 0.3) is 88.3 Å². The van der Waals surface area contributed by atoms with Crippen molar-refractivity contribution in [3.05, 3.63) is 237 Å². The van der Waals surface area contributed by atoms with E-state index in [1.807, 2.05) is 12.1 Å². The second kappa shape index (κ2) is 15.1. The first-order chi connectivity index (χ1) is 29.7. The molecule has 0 aliphatic carbocycles. The number of para-hydroxylation sites is 2. The van der Waals surface area contributed by atoms with Crippen molar-refractivity contribution in [1.29, 1.82) is 0 Å². The molecule has 1 heterocycles. The third-order valence-corrected chi connectivity index (χ3v) is 11.7. The Bertz CT molecular complexity index is 3310. The highest BCUT2D eigenvalue weighted by molar-refractivity contribution is 6.07. The molecule has 0 radical (unpaired) electrons. The topological polar surface area (TPSA) is 16.4 Å². The minimum Gasteiger partial charge on any atom is -0.456 e. The predicted molar refractivity (Wildman–Crippen MR) is 253 cm³/mol. The lowest BCUT2D eigenvalue weighted by molar-refractivity contribution is 0.669. The fraction of sp³-hybridized carbons (Fsp3) is 0. The minimum absolute atomic E-state index is 0.855. The number of nitrogens with zero attached hydrogens (tertiary/aromatic N) is 1. The van der Waals surface area contributed by atoms with Crippen molar-refractivity contribution < 1.29 is 4.42 Å². The van der Waals surface area contributed by atoms with Crippen LogP contribution in [0.5, 0.6) is 0 Å². The molecule has 60 heavy (non-hydrogen) atoms. The lowest BCUT2D eigenvalue weighted by atomic mass is 9.86. The van der Waals surface area contributed by atoms with Gasteiger partial charge in [-0.2, -0.15) is 0 Å². The maximum atomic E-state index is 6.50. The molecule has 0 aliphatic heterocycles. The summed E-state index contributed by atoms with van der Waals surface area (Å²) in [6.07, 6.45) is 0. The van der Waals surface area contributed by atoms with Crippen LogP contribution in [0.2, 0.25) is 0 Å². The van der Waals surface area contributed by atoms with Gasteiger partial charge in [0.05, 0.1) is 5.69 Å². The fourth-order valence-corrected chi connectivity index (χ4v) is 8.75. The van der Waals surface area contributed by atoms with Crippen LogP contribution in [-0.4, -0.2) is 0 Å². The Hall–Kier alpha value is -7.94. The van der Waals surface area contributed by atoms with Gasteiger partial charge in [0.1, 0.15) is 11.2 Å². The number of hydrogen-bond donors (Lipinski definition) is 0. The molecule has 11 aromatic rings. The molecule has 1 aromatic heterocycles. The Kier molecular flexibility index (Phi) is 8.87. The third kappa shape index (κ3) is 6.41. The van der Waals surface area contributed by atoms with E-state index in [2.05, 4.69) is 229 Å². The Morgan fingerprint density at radius 3 is 1.63 bits per heavy atom. The molecule has 282 valence electrons. The molecule has 0 N–H and O–H groups in total. The molecule has 0 atom stereocenters. The smallest absolute Gasteiger partial charge is 0.137 e. The number of hydrogen-bond acceptors (Lipinski definition) is 2. The van der Waals surface area contributed by atoms with E-state index in [0.717, 1.165) is 50.1 Å². The Morgan fingerprint density at radius 2 is 0.817 bits per heavy atom. The number of furan rings is 1. The zero-order chi connectivity index (χ0) is 39.8. The number of fused-ring (bicyclic) bond motifs is 4. The zero-order valence-electron chi connectivity index (χ0n) is 32.9. The van der Waals surface area contributed by atoms with E-state index in [9.17, 15) is 0 Å². The fourth-order valence-electron chi connectivity index (χ4n) is 8.75. The van der Waals surface area contributed by atoms with Crippen LogP contribution in [-0.2, 0) is 0 Å². The zero-order valence-corrected chi connectivity index (χ0v) is 32.9. The maximum Gasteiger partial charge on any atom is 0.137 e. The van der Waals surface area contributed by atoms with Gasteiger partial charge in [0.25, 0.3) is 0 Å². The van der Waals surface area contributed by atoms with E-state index in [1.165, 1.54) is 55.3 Å². The quantitative estimate of drug-likeness (QED) is 0.153. The highest BCUT2D eigenvalue weighted by Gasteiger charge is 2.22. The summed E-state index contributed by atoms with van der Waals surface area (Å²) in [6.45, 7) is 0. The van der Waals surface area contributed by atoms with Crippen molar-refractivity contribution in [1.82, 2.24) is 0 Å². The van der Waals surface area contributed by atoms with Gasteiger partial charge >= 0.3 is 0 Å². The molecule has 0 bridgehead atoms. The average molecular weight is 766 g/mol. The SMILES string of the molecule is c1ccc(-c2ccc(-c3ccccc3N(c3ccc(-c4ccc5ccccc5c4)cc3)c3ccc4c(c3)oc3ccccc34)c(-c3ccccc3-c3ccccc3)c2)cc1. The first kappa shape index (κ1) is 35.2. The molecule has 0 spiro atoms. The van der Waals surface area contributed by atoms with E-state index < -0.39 is 0 Å². The van der Waals surface area contributed by atoms with Crippen LogP contribution >= 0.6 is 0 Å². The average Bonchev–Trinajstić information content (AvgIpc) is 3.70. The normalized spacial score (nSPS) is 11.3. The number of anilines is 3. The molecule has 0 saturated heterocycles. The first-order valence-corrected chi connectivity index (χ1v) is 20.5. The summed E-state index contributed by atoms with van der Waals surface area (Å²) >= 11 is 0. The van der Waals surface area contributed by atoms with Crippen LogP contribution < -0.4 is 4.90 Å². The molecule has 11 rings (SSSR count). The van der Waals surface area contributed by atoms with Gasteiger partial charge in [-0.3, -0.25) is 0 Å². The summed E-state index contributed by atoms with van der Waals surface area (Å²) in [6, 6.07) is 85.0. The van der Waals surface area contributed by atoms with Gasteiger partial charge in [-0.25, -0.2) is 0 Å². The van der Waals surface area contributed by atoms with Crippen LogP contribution in [0.3, 0.4) is 0 Å². The third-order valence-electron chi connectivity index (χ3n) is 11.7. The number of benzene rings is 10. The van der Waals surface area contributed by atoms with Gasteiger partial charge < -0.3 is 9.32 Å². The van der Waals surface area contributed by atoms with E-state index >= 15 is 0 Å². The van der Waals surface area contributed by atoms with E-state index in [4.69, 9.17) is 4.42 Å².